The Bertz CT molecular complexity index is 254. The molecule has 0 amide bonds. The number of pyridine rings is 1. The van der Waals surface area contributed by atoms with Gasteiger partial charge in [0.15, 0.2) is 0 Å². The van der Waals surface area contributed by atoms with Crippen LogP contribution in [0.4, 0.5) is 0 Å². The molecule has 0 bridgehead atoms. The SMILES string of the molecule is CCOc1cc(Br)c(Cl)cn1. The second-order valence-corrected chi connectivity index (χ2v) is 3.13. The highest BCUT2D eigenvalue weighted by Gasteiger charge is 1.99. The lowest BCUT2D eigenvalue weighted by atomic mass is 10.5. The van der Waals surface area contributed by atoms with Crippen molar-refractivity contribution in [1.29, 1.82) is 0 Å². The maximum Gasteiger partial charge on any atom is 0.214 e. The molecule has 0 aromatic carbocycles. The summed E-state index contributed by atoms with van der Waals surface area (Å²) in [7, 11) is 0. The van der Waals surface area contributed by atoms with Gasteiger partial charge in [0, 0.05) is 10.5 Å². The van der Waals surface area contributed by atoms with Gasteiger partial charge in [0.05, 0.1) is 17.8 Å². The van der Waals surface area contributed by atoms with Gasteiger partial charge in [0.1, 0.15) is 0 Å². The van der Waals surface area contributed by atoms with Crippen LogP contribution in [0.3, 0.4) is 0 Å². The molecule has 11 heavy (non-hydrogen) atoms. The van der Waals surface area contributed by atoms with Crippen molar-refractivity contribution in [1.82, 2.24) is 4.98 Å². The molecule has 0 saturated carbocycles. The molecule has 0 spiro atoms. The van der Waals surface area contributed by atoms with Gasteiger partial charge >= 0.3 is 0 Å². The molecule has 1 rings (SSSR count). The number of halogens is 2. The molecule has 1 aromatic rings. The van der Waals surface area contributed by atoms with Crippen LogP contribution in [0.25, 0.3) is 0 Å². The van der Waals surface area contributed by atoms with E-state index in [-0.39, 0.29) is 0 Å². The Labute approximate surface area is 78.7 Å². The Balaban J connectivity index is 2.86. The smallest absolute Gasteiger partial charge is 0.214 e. The Morgan fingerprint density at radius 1 is 1.73 bits per heavy atom. The first kappa shape index (κ1) is 8.81. The summed E-state index contributed by atoms with van der Waals surface area (Å²) in [6.45, 7) is 2.52. The van der Waals surface area contributed by atoms with Crippen LogP contribution in [0.2, 0.25) is 5.02 Å². The van der Waals surface area contributed by atoms with Crippen molar-refractivity contribution in [2.75, 3.05) is 6.61 Å². The van der Waals surface area contributed by atoms with Gasteiger partial charge in [-0.2, -0.15) is 0 Å². The molecule has 0 saturated heterocycles. The van der Waals surface area contributed by atoms with Gasteiger partial charge in [-0.3, -0.25) is 0 Å². The van der Waals surface area contributed by atoms with Gasteiger partial charge in [-0.05, 0) is 22.9 Å². The summed E-state index contributed by atoms with van der Waals surface area (Å²) in [5, 5.41) is 0.591. The van der Waals surface area contributed by atoms with Crippen molar-refractivity contribution in [3.63, 3.8) is 0 Å². The Morgan fingerprint density at radius 2 is 2.45 bits per heavy atom. The lowest BCUT2D eigenvalue weighted by molar-refractivity contribution is 0.326. The standard InChI is InChI=1S/C7H7BrClNO/c1-2-11-7-3-5(8)6(9)4-10-7/h3-4H,2H2,1H3. The van der Waals surface area contributed by atoms with Crippen LogP contribution in [0.1, 0.15) is 6.92 Å². The molecule has 4 heteroatoms. The zero-order valence-corrected chi connectivity index (χ0v) is 8.32. The lowest BCUT2D eigenvalue weighted by Crippen LogP contribution is -1.93. The Hall–Kier alpha value is -0.280. The molecule has 0 atom stereocenters. The van der Waals surface area contributed by atoms with Crippen molar-refractivity contribution in [2.24, 2.45) is 0 Å². The normalized spacial score (nSPS) is 9.73. The Morgan fingerprint density at radius 3 is 3.00 bits per heavy atom. The fraction of sp³-hybridized carbons (Fsp3) is 0.286. The van der Waals surface area contributed by atoms with Gasteiger partial charge in [0.25, 0.3) is 0 Å². The molecule has 1 heterocycles. The van der Waals surface area contributed by atoms with Gasteiger partial charge in [-0.15, -0.1) is 0 Å². The fourth-order valence-corrected chi connectivity index (χ4v) is 1.02. The largest absolute Gasteiger partial charge is 0.478 e. The fourth-order valence-electron chi connectivity index (χ4n) is 0.623. The highest BCUT2D eigenvalue weighted by Crippen LogP contribution is 2.24. The summed E-state index contributed by atoms with van der Waals surface area (Å²) in [6.07, 6.45) is 1.55. The zero-order chi connectivity index (χ0) is 8.27. The molecule has 0 aliphatic heterocycles. The van der Waals surface area contributed by atoms with Crippen molar-refractivity contribution >= 4 is 27.5 Å². The van der Waals surface area contributed by atoms with Crippen LogP contribution >= 0.6 is 27.5 Å². The number of hydrogen-bond acceptors (Lipinski definition) is 2. The lowest BCUT2D eigenvalue weighted by Gasteiger charge is -2.01. The number of aromatic nitrogens is 1. The van der Waals surface area contributed by atoms with Crippen molar-refractivity contribution in [2.45, 2.75) is 6.92 Å². The average Bonchev–Trinajstić information content (AvgIpc) is 1.98. The van der Waals surface area contributed by atoms with E-state index in [0.29, 0.717) is 17.5 Å². The third-order valence-corrected chi connectivity index (χ3v) is 2.26. The summed E-state index contributed by atoms with van der Waals surface area (Å²) < 4.78 is 5.95. The third kappa shape index (κ3) is 2.34. The second-order valence-electron chi connectivity index (χ2n) is 1.87. The topological polar surface area (TPSA) is 22.1 Å². The summed E-state index contributed by atoms with van der Waals surface area (Å²) in [4.78, 5) is 3.94. The van der Waals surface area contributed by atoms with Crippen molar-refractivity contribution < 1.29 is 4.74 Å². The summed E-state index contributed by atoms with van der Waals surface area (Å²) in [5.74, 6) is 0.587. The highest BCUT2D eigenvalue weighted by molar-refractivity contribution is 9.10. The van der Waals surface area contributed by atoms with Crippen LogP contribution in [0.5, 0.6) is 5.88 Å². The number of nitrogens with zero attached hydrogens (tertiary/aromatic N) is 1. The van der Waals surface area contributed by atoms with E-state index in [0.717, 1.165) is 4.47 Å². The molecule has 0 fully saturated rings. The molecule has 1 aromatic heterocycles. The van der Waals surface area contributed by atoms with Crippen LogP contribution in [-0.4, -0.2) is 11.6 Å². The quantitative estimate of drug-likeness (QED) is 0.788. The minimum atomic E-state index is 0.587. The van der Waals surface area contributed by atoms with Crippen molar-refractivity contribution in [3.8, 4) is 5.88 Å². The van der Waals surface area contributed by atoms with Crippen LogP contribution < -0.4 is 4.74 Å². The predicted molar refractivity (Wildman–Crippen MR) is 48.1 cm³/mol. The van der Waals surface area contributed by atoms with E-state index in [1.165, 1.54) is 0 Å². The van der Waals surface area contributed by atoms with E-state index in [9.17, 15) is 0 Å². The molecule has 0 aliphatic carbocycles. The second kappa shape index (κ2) is 3.93. The molecule has 0 aliphatic rings. The first-order valence-corrected chi connectivity index (χ1v) is 4.35. The minimum Gasteiger partial charge on any atom is -0.478 e. The monoisotopic (exact) mass is 235 g/mol. The summed E-state index contributed by atoms with van der Waals surface area (Å²) in [5.41, 5.74) is 0. The van der Waals surface area contributed by atoms with E-state index < -0.39 is 0 Å². The molecule has 60 valence electrons. The zero-order valence-electron chi connectivity index (χ0n) is 5.97. The van der Waals surface area contributed by atoms with Crippen LogP contribution in [-0.2, 0) is 0 Å². The maximum atomic E-state index is 5.72. The van der Waals surface area contributed by atoms with Crippen molar-refractivity contribution in [3.05, 3.63) is 21.8 Å². The van der Waals surface area contributed by atoms with Crippen LogP contribution in [0.15, 0.2) is 16.7 Å². The molecule has 0 N–H and O–H groups in total. The van der Waals surface area contributed by atoms with E-state index in [1.54, 1.807) is 12.3 Å². The molecule has 0 unspecified atom stereocenters. The minimum absolute atomic E-state index is 0.587. The first-order valence-electron chi connectivity index (χ1n) is 3.18. The molecular weight excluding hydrogens is 229 g/mol. The third-order valence-electron chi connectivity index (χ3n) is 1.08. The molecule has 2 nitrogen and oxygen atoms in total. The highest BCUT2D eigenvalue weighted by atomic mass is 79.9. The maximum absolute atomic E-state index is 5.72. The number of ether oxygens (including phenoxy) is 1. The summed E-state index contributed by atoms with van der Waals surface area (Å²) >= 11 is 8.98. The summed E-state index contributed by atoms with van der Waals surface area (Å²) in [6, 6.07) is 1.74. The van der Waals surface area contributed by atoms with E-state index >= 15 is 0 Å². The Kier molecular flexibility index (Phi) is 3.15. The van der Waals surface area contributed by atoms with Crippen LogP contribution in [0, 0.1) is 0 Å². The van der Waals surface area contributed by atoms with Gasteiger partial charge in [-0.25, -0.2) is 4.98 Å². The van der Waals surface area contributed by atoms with E-state index in [4.69, 9.17) is 16.3 Å². The average molecular weight is 236 g/mol. The molecular formula is C7H7BrClNO. The predicted octanol–water partition coefficient (Wildman–Crippen LogP) is 2.90. The van der Waals surface area contributed by atoms with Gasteiger partial charge < -0.3 is 4.74 Å². The van der Waals surface area contributed by atoms with E-state index in [2.05, 4.69) is 20.9 Å². The number of hydrogen-bond donors (Lipinski definition) is 0. The van der Waals surface area contributed by atoms with E-state index in [1.807, 2.05) is 6.92 Å². The first-order chi connectivity index (χ1) is 5.24. The number of rotatable bonds is 2. The molecule has 0 radical (unpaired) electrons. The van der Waals surface area contributed by atoms with Gasteiger partial charge in [0.2, 0.25) is 5.88 Å². The van der Waals surface area contributed by atoms with Gasteiger partial charge in [-0.1, -0.05) is 11.6 Å².